The number of para-hydroxylation sites is 1. The Hall–Kier alpha value is -2.12. The Kier molecular flexibility index (Phi) is 3.75. The fourth-order valence-corrected chi connectivity index (χ4v) is 1.83. The largest absolute Gasteiger partial charge is 0.395 e. The summed E-state index contributed by atoms with van der Waals surface area (Å²) in [5.41, 5.74) is 1.17. The Morgan fingerprint density at radius 3 is 2.50 bits per heavy atom. The van der Waals surface area contributed by atoms with E-state index in [-0.39, 0.29) is 31.3 Å². The normalized spacial score (nSPS) is 14.6. The van der Waals surface area contributed by atoms with Crippen LogP contribution in [0.15, 0.2) is 24.3 Å². The number of benzene rings is 1. The van der Waals surface area contributed by atoms with Gasteiger partial charge in [-0.2, -0.15) is 0 Å². The number of anilines is 1. The van der Waals surface area contributed by atoms with Crippen LogP contribution in [0.3, 0.4) is 0 Å². The van der Waals surface area contributed by atoms with Crippen molar-refractivity contribution < 1.29 is 14.7 Å². The number of carbonyl (C=O) groups is 2. The summed E-state index contributed by atoms with van der Waals surface area (Å²) >= 11 is 0. The number of aliphatic hydroxyl groups excluding tert-OH is 1. The predicted octanol–water partition coefficient (Wildman–Crippen LogP) is 1.07. The van der Waals surface area contributed by atoms with Crippen LogP contribution in [0.5, 0.6) is 0 Å². The first-order valence-corrected chi connectivity index (χ1v) is 5.78. The van der Waals surface area contributed by atoms with Gasteiger partial charge in [0.2, 0.25) is 11.8 Å². The first-order chi connectivity index (χ1) is 8.74. The zero-order valence-corrected chi connectivity index (χ0v) is 9.85. The molecule has 1 aromatic rings. The van der Waals surface area contributed by atoms with Crippen molar-refractivity contribution in [3.63, 3.8) is 0 Å². The quantitative estimate of drug-likeness (QED) is 0.624. The fraction of sp³-hybridized carbons (Fsp3) is 0.286. The van der Waals surface area contributed by atoms with Crippen molar-refractivity contribution >= 4 is 17.5 Å². The summed E-state index contributed by atoms with van der Waals surface area (Å²) in [6.45, 7) is -0.00323. The standard InChI is InChI=1S/C14H13NO3/c16-10-4-3-6-11-5-1-2-7-12(11)15-13(17)8-9-14(15)18/h1-2,5,7,16H,4,8-10H2. The van der Waals surface area contributed by atoms with Crippen LogP contribution in [-0.2, 0) is 9.59 Å². The van der Waals surface area contributed by atoms with Gasteiger partial charge in [-0.3, -0.25) is 9.59 Å². The van der Waals surface area contributed by atoms with Crippen LogP contribution < -0.4 is 4.90 Å². The van der Waals surface area contributed by atoms with E-state index in [1.54, 1.807) is 24.3 Å². The molecule has 0 aromatic heterocycles. The van der Waals surface area contributed by atoms with Gasteiger partial charge in [-0.15, -0.1) is 0 Å². The number of hydrogen-bond donors (Lipinski definition) is 1. The zero-order valence-electron chi connectivity index (χ0n) is 9.85. The molecule has 0 aliphatic carbocycles. The molecule has 4 nitrogen and oxygen atoms in total. The SMILES string of the molecule is O=C1CCC(=O)N1c1ccccc1C#CCCO. The minimum Gasteiger partial charge on any atom is -0.395 e. The molecule has 1 heterocycles. The number of carbonyl (C=O) groups excluding carboxylic acids is 2. The van der Waals surface area contributed by atoms with Crippen LogP contribution in [-0.4, -0.2) is 23.5 Å². The molecule has 0 saturated carbocycles. The van der Waals surface area contributed by atoms with E-state index in [4.69, 9.17) is 5.11 Å². The highest BCUT2D eigenvalue weighted by Gasteiger charge is 2.31. The van der Waals surface area contributed by atoms with Crippen LogP contribution in [0.1, 0.15) is 24.8 Å². The van der Waals surface area contributed by atoms with Crippen molar-refractivity contribution in [2.24, 2.45) is 0 Å². The summed E-state index contributed by atoms with van der Waals surface area (Å²) in [7, 11) is 0. The average Bonchev–Trinajstić information content (AvgIpc) is 2.70. The molecule has 2 rings (SSSR count). The van der Waals surface area contributed by atoms with Gasteiger partial charge in [0.1, 0.15) is 0 Å². The van der Waals surface area contributed by atoms with E-state index in [1.165, 1.54) is 4.90 Å². The molecule has 4 heteroatoms. The topological polar surface area (TPSA) is 57.6 Å². The number of hydrogen-bond acceptors (Lipinski definition) is 3. The summed E-state index contributed by atoms with van der Waals surface area (Å²) in [5.74, 6) is 5.30. The van der Waals surface area contributed by atoms with Crippen LogP contribution in [0, 0.1) is 11.8 Å². The van der Waals surface area contributed by atoms with Crippen molar-refractivity contribution in [1.29, 1.82) is 0 Å². The Balaban J connectivity index is 2.36. The summed E-state index contributed by atoms with van der Waals surface area (Å²) in [4.78, 5) is 24.6. The fourth-order valence-electron chi connectivity index (χ4n) is 1.83. The molecule has 1 fully saturated rings. The van der Waals surface area contributed by atoms with Gasteiger partial charge >= 0.3 is 0 Å². The summed E-state index contributed by atoms with van der Waals surface area (Å²) in [6.07, 6.45) is 0.894. The first kappa shape index (κ1) is 12.3. The monoisotopic (exact) mass is 243 g/mol. The highest BCUT2D eigenvalue weighted by atomic mass is 16.2. The molecule has 1 aliphatic rings. The van der Waals surface area contributed by atoms with Crippen LogP contribution in [0.25, 0.3) is 0 Å². The van der Waals surface area contributed by atoms with E-state index >= 15 is 0 Å². The van der Waals surface area contributed by atoms with Crippen LogP contribution >= 0.6 is 0 Å². The predicted molar refractivity (Wildman–Crippen MR) is 66.7 cm³/mol. The van der Waals surface area contributed by atoms with Gasteiger partial charge in [0.05, 0.1) is 12.3 Å². The maximum atomic E-state index is 11.7. The first-order valence-electron chi connectivity index (χ1n) is 5.78. The molecule has 92 valence electrons. The summed E-state index contributed by atoms with van der Waals surface area (Å²) < 4.78 is 0. The van der Waals surface area contributed by atoms with Crippen molar-refractivity contribution in [2.45, 2.75) is 19.3 Å². The highest BCUT2D eigenvalue weighted by molar-refractivity contribution is 6.20. The minimum atomic E-state index is -0.184. The Bertz CT molecular complexity index is 523. The molecule has 0 unspecified atom stereocenters. The number of nitrogens with zero attached hydrogens (tertiary/aromatic N) is 1. The number of rotatable bonds is 2. The third-order valence-corrected chi connectivity index (χ3v) is 2.66. The van der Waals surface area contributed by atoms with E-state index in [2.05, 4.69) is 11.8 Å². The molecule has 1 saturated heterocycles. The van der Waals surface area contributed by atoms with Crippen molar-refractivity contribution in [3.05, 3.63) is 29.8 Å². The lowest BCUT2D eigenvalue weighted by atomic mass is 10.1. The van der Waals surface area contributed by atoms with Gasteiger partial charge in [-0.25, -0.2) is 4.90 Å². The molecule has 1 aliphatic heterocycles. The minimum absolute atomic E-state index is 0.00323. The van der Waals surface area contributed by atoms with Gasteiger partial charge in [-0.05, 0) is 12.1 Å². The maximum absolute atomic E-state index is 11.7. The molecular formula is C14H13NO3. The van der Waals surface area contributed by atoms with Crippen molar-refractivity contribution in [3.8, 4) is 11.8 Å². The van der Waals surface area contributed by atoms with E-state index in [0.29, 0.717) is 17.7 Å². The smallest absolute Gasteiger partial charge is 0.234 e. The van der Waals surface area contributed by atoms with Gasteiger partial charge in [0.15, 0.2) is 0 Å². The molecule has 2 amide bonds. The molecule has 0 radical (unpaired) electrons. The van der Waals surface area contributed by atoms with Gasteiger partial charge in [-0.1, -0.05) is 24.0 Å². The van der Waals surface area contributed by atoms with Gasteiger partial charge in [0, 0.05) is 24.8 Å². The molecule has 0 bridgehead atoms. The van der Waals surface area contributed by atoms with Crippen LogP contribution in [0.2, 0.25) is 0 Å². The molecule has 18 heavy (non-hydrogen) atoms. The van der Waals surface area contributed by atoms with E-state index in [9.17, 15) is 9.59 Å². The summed E-state index contributed by atoms with van der Waals surface area (Å²) in [5, 5.41) is 8.69. The molecule has 1 N–H and O–H groups in total. The third kappa shape index (κ3) is 2.41. The lowest BCUT2D eigenvalue weighted by Gasteiger charge is -2.15. The average molecular weight is 243 g/mol. The second-order valence-electron chi connectivity index (χ2n) is 3.92. The molecule has 1 aromatic carbocycles. The van der Waals surface area contributed by atoms with Crippen molar-refractivity contribution in [1.82, 2.24) is 0 Å². The van der Waals surface area contributed by atoms with E-state index < -0.39 is 0 Å². The highest BCUT2D eigenvalue weighted by Crippen LogP contribution is 2.25. The molecule has 0 spiro atoms. The van der Waals surface area contributed by atoms with E-state index in [0.717, 1.165) is 0 Å². The van der Waals surface area contributed by atoms with Crippen LogP contribution in [0.4, 0.5) is 5.69 Å². The molecule has 0 atom stereocenters. The van der Waals surface area contributed by atoms with Gasteiger partial charge in [0.25, 0.3) is 0 Å². The zero-order chi connectivity index (χ0) is 13.0. The van der Waals surface area contributed by atoms with Crippen molar-refractivity contribution in [2.75, 3.05) is 11.5 Å². The third-order valence-electron chi connectivity index (χ3n) is 2.66. The number of amides is 2. The second kappa shape index (κ2) is 5.48. The lowest BCUT2D eigenvalue weighted by molar-refractivity contribution is -0.121. The Morgan fingerprint density at radius 1 is 1.17 bits per heavy atom. The number of imide groups is 1. The Labute approximate surface area is 105 Å². The maximum Gasteiger partial charge on any atom is 0.234 e. The summed E-state index contributed by atoms with van der Waals surface area (Å²) in [6, 6.07) is 7.05. The Morgan fingerprint density at radius 2 is 1.83 bits per heavy atom. The van der Waals surface area contributed by atoms with E-state index in [1.807, 2.05) is 0 Å². The van der Waals surface area contributed by atoms with Gasteiger partial charge < -0.3 is 5.11 Å². The number of aliphatic hydroxyl groups is 1. The second-order valence-corrected chi connectivity index (χ2v) is 3.92. The molecular weight excluding hydrogens is 230 g/mol. The lowest BCUT2D eigenvalue weighted by Crippen LogP contribution is -2.29.